The van der Waals surface area contributed by atoms with Crippen molar-refractivity contribution in [3.63, 3.8) is 0 Å². The van der Waals surface area contributed by atoms with Gasteiger partial charge in [0.25, 0.3) is 0 Å². The number of benzene rings is 2. The fourth-order valence-corrected chi connectivity index (χ4v) is 3.77. The lowest BCUT2D eigenvalue weighted by molar-refractivity contribution is 0.579. The number of hydrogen-bond acceptors (Lipinski definition) is 5. The Balaban J connectivity index is 1.84. The van der Waals surface area contributed by atoms with E-state index in [0.29, 0.717) is 23.0 Å². The number of nitrogens with zero attached hydrogens (tertiary/aromatic N) is 6. The molecule has 0 amide bonds. The Morgan fingerprint density at radius 1 is 0.867 bits per heavy atom. The van der Waals surface area contributed by atoms with Crippen molar-refractivity contribution in [1.82, 2.24) is 25.0 Å². The standard InChI is InChI=1S/C20H10Cl2F2N6/c21-10-6-7-14-17(18(10)22)19(16-11(23)3-1-4-12(16)24)25-9-15-28-29-20(30(14)15)13-5-2-8-26-27-13/h1-8H,9H2. The summed E-state index contributed by atoms with van der Waals surface area (Å²) in [5.41, 5.74) is 0.973. The molecule has 3 heterocycles. The van der Waals surface area contributed by atoms with E-state index in [4.69, 9.17) is 23.2 Å². The fraction of sp³-hybridized carbons (Fsp3) is 0.0500. The summed E-state index contributed by atoms with van der Waals surface area (Å²) < 4.78 is 31.0. The van der Waals surface area contributed by atoms with E-state index in [1.807, 2.05) is 0 Å². The van der Waals surface area contributed by atoms with Crippen LogP contribution in [0.4, 0.5) is 8.78 Å². The first-order chi connectivity index (χ1) is 14.6. The third kappa shape index (κ3) is 2.88. The lowest BCUT2D eigenvalue weighted by atomic mass is 9.99. The number of halogens is 4. The van der Waals surface area contributed by atoms with Crippen molar-refractivity contribution in [2.24, 2.45) is 4.99 Å². The van der Waals surface area contributed by atoms with Gasteiger partial charge >= 0.3 is 0 Å². The number of fused-ring (bicyclic) bond motifs is 3. The third-order valence-electron chi connectivity index (χ3n) is 4.66. The maximum Gasteiger partial charge on any atom is 0.189 e. The smallest absolute Gasteiger partial charge is 0.189 e. The van der Waals surface area contributed by atoms with E-state index in [1.54, 1.807) is 28.8 Å². The molecule has 0 bridgehead atoms. The minimum absolute atomic E-state index is 0.0129. The van der Waals surface area contributed by atoms with E-state index in [-0.39, 0.29) is 33.4 Å². The molecule has 0 N–H and O–H groups in total. The highest BCUT2D eigenvalue weighted by atomic mass is 35.5. The van der Waals surface area contributed by atoms with Gasteiger partial charge in [0.1, 0.15) is 23.9 Å². The van der Waals surface area contributed by atoms with Crippen LogP contribution in [0, 0.1) is 11.6 Å². The third-order valence-corrected chi connectivity index (χ3v) is 5.46. The quantitative estimate of drug-likeness (QED) is 0.452. The van der Waals surface area contributed by atoms with Crippen LogP contribution in [0.3, 0.4) is 0 Å². The predicted molar refractivity (Wildman–Crippen MR) is 108 cm³/mol. The van der Waals surface area contributed by atoms with E-state index in [0.717, 1.165) is 12.1 Å². The molecule has 0 aliphatic carbocycles. The second kappa shape index (κ2) is 7.23. The fourth-order valence-electron chi connectivity index (χ4n) is 3.37. The maximum atomic E-state index is 14.6. The molecule has 10 heteroatoms. The second-order valence-electron chi connectivity index (χ2n) is 6.40. The molecule has 5 rings (SSSR count). The molecule has 2 aromatic carbocycles. The highest BCUT2D eigenvalue weighted by Gasteiger charge is 2.29. The average molecular weight is 443 g/mol. The minimum atomic E-state index is -0.762. The molecule has 0 saturated heterocycles. The van der Waals surface area contributed by atoms with Gasteiger partial charge in [-0.25, -0.2) is 8.78 Å². The number of aromatic nitrogens is 5. The zero-order chi connectivity index (χ0) is 20.8. The van der Waals surface area contributed by atoms with Gasteiger partial charge in [0.05, 0.1) is 27.0 Å². The SMILES string of the molecule is Fc1cccc(F)c1C1=NCc2nnc(-c3cccnn3)n2-c2ccc(Cl)c(Cl)c21. The summed E-state index contributed by atoms with van der Waals surface area (Å²) in [6.45, 7) is 0.0129. The first-order valence-electron chi connectivity index (χ1n) is 8.76. The van der Waals surface area contributed by atoms with Gasteiger partial charge in [-0.15, -0.1) is 15.3 Å². The Hall–Kier alpha value is -3.23. The highest BCUT2D eigenvalue weighted by molar-refractivity contribution is 6.45. The molecule has 0 atom stereocenters. The molecule has 6 nitrogen and oxygen atoms in total. The molecule has 1 aliphatic rings. The summed E-state index contributed by atoms with van der Waals surface area (Å²) in [5, 5.41) is 16.7. The van der Waals surface area contributed by atoms with Gasteiger partial charge in [0, 0.05) is 11.8 Å². The second-order valence-corrected chi connectivity index (χ2v) is 7.19. The van der Waals surface area contributed by atoms with Gasteiger partial charge < -0.3 is 0 Å². The molecule has 1 aliphatic heterocycles. The lowest BCUT2D eigenvalue weighted by Crippen LogP contribution is -2.13. The largest absolute Gasteiger partial charge is 0.276 e. The summed E-state index contributed by atoms with van der Waals surface area (Å²) >= 11 is 12.8. The average Bonchev–Trinajstić information content (AvgIpc) is 3.10. The molecule has 0 radical (unpaired) electrons. The van der Waals surface area contributed by atoms with Crippen LogP contribution in [-0.4, -0.2) is 30.7 Å². The van der Waals surface area contributed by atoms with Crippen LogP contribution in [-0.2, 0) is 6.54 Å². The van der Waals surface area contributed by atoms with Crippen LogP contribution >= 0.6 is 23.2 Å². The topological polar surface area (TPSA) is 68.8 Å². The van der Waals surface area contributed by atoms with Gasteiger partial charge in [0.15, 0.2) is 11.6 Å². The van der Waals surface area contributed by atoms with Crippen LogP contribution in [0.1, 0.15) is 17.0 Å². The molecular formula is C20H10Cl2F2N6. The zero-order valence-electron chi connectivity index (χ0n) is 15.0. The summed E-state index contributed by atoms with van der Waals surface area (Å²) in [6, 6.07) is 10.3. The van der Waals surface area contributed by atoms with Crippen molar-refractivity contribution in [1.29, 1.82) is 0 Å². The van der Waals surface area contributed by atoms with Crippen molar-refractivity contribution in [3.8, 4) is 17.2 Å². The highest BCUT2D eigenvalue weighted by Crippen LogP contribution is 2.37. The van der Waals surface area contributed by atoms with Gasteiger partial charge in [-0.2, -0.15) is 5.10 Å². The van der Waals surface area contributed by atoms with Gasteiger partial charge in [-0.3, -0.25) is 9.56 Å². The Bertz CT molecular complexity index is 1300. The normalized spacial score (nSPS) is 12.7. The number of aliphatic imine (C=N–C) groups is 1. The molecule has 0 saturated carbocycles. The van der Waals surface area contributed by atoms with Gasteiger partial charge in [-0.1, -0.05) is 29.3 Å². The molecule has 2 aromatic heterocycles. The summed E-state index contributed by atoms with van der Waals surface area (Å²) in [7, 11) is 0. The summed E-state index contributed by atoms with van der Waals surface area (Å²) in [4.78, 5) is 4.44. The van der Waals surface area contributed by atoms with Crippen LogP contribution in [0.15, 0.2) is 53.7 Å². The van der Waals surface area contributed by atoms with Gasteiger partial charge in [-0.05, 0) is 36.4 Å². The summed E-state index contributed by atoms with van der Waals surface area (Å²) in [6.07, 6.45) is 1.54. The molecule has 0 unspecified atom stereocenters. The first-order valence-corrected chi connectivity index (χ1v) is 9.52. The van der Waals surface area contributed by atoms with E-state index >= 15 is 0 Å². The molecule has 4 aromatic rings. The van der Waals surface area contributed by atoms with Crippen molar-refractivity contribution >= 4 is 28.9 Å². The summed E-state index contributed by atoms with van der Waals surface area (Å²) in [5.74, 6) is -0.685. The van der Waals surface area contributed by atoms with Crippen molar-refractivity contribution in [2.45, 2.75) is 6.54 Å². The van der Waals surface area contributed by atoms with E-state index in [2.05, 4.69) is 25.4 Å². The molecule has 148 valence electrons. The maximum absolute atomic E-state index is 14.6. The Morgan fingerprint density at radius 3 is 2.40 bits per heavy atom. The van der Waals surface area contributed by atoms with Crippen molar-refractivity contribution in [2.75, 3.05) is 0 Å². The molecule has 0 spiro atoms. The van der Waals surface area contributed by atoms with Crippen LogP contribution in [0.5, 0.6) is 0 Å². The Labute approximate surface area is 178 Å². The number of hydrogen-bond donors (Lipinski definition) is 0. The minimum Gasteiger partial charge on any atom is -0.276 e. The first kappa shape index (κ1) is 18.8. The molecule has 0 fully saturated rings. The monoisotopic (exact) mass is 442 g/mol. The van der Waals surface area contributed by atoms with Gasteiger partial charge in [0.2, 0.25) is 0 Å². The number of rotatable bonds is 2. The van der Waals surface area contributed by atoms with Crippen molar-refractivity contribution in [3.05, 3.63) is 87.3 Å². The van der Waals surface area contributed by atoms with Crippen LogP contribution in [0.25, 0.3) is 17.2 Å². The predicted octanol–water partition coefficient (Wildman–Crippen LogP) is 4.66. The lowest BCUT2D eigenvalue weighted by Gasteiger charge is -2.16. The van der Waals surface area contributed by atoms with Crippen LogP contribution in [0.2, 0.25) is 10.0 Å². The molecular weight excluding hydrogens is 433 g/mol. The van der Waals surface area contributed by atoms with E-state index in [1.165, 1.54) is 12.3 Å². The van der Waals surface area contributed by atoms with E-state index in [9.17, 15) is 8.78 Å². The Kier molecular flexibility index (Phi) is 4.52. The van der Waals surface area contributed by atoms with E-state index < -0.39 is 11.6 Å². The van der Waals surface area contributed by atoms with Crippen molar-refractivity contribution < 1.29 is 8.78 Å². The van der Waals surface area contributed by atoms with Crippen LogP contribution < -0.4 is 0 Å². The zero-order valence-corrected chi connectivity index (χ0v) is 16.5. The Morgan fingerprint density at radius 2 is 1.67 bits per heavy atom. The molecule has 30 heavy (non-hydrogen) atoms.